The van der Waals surface area contributed by atoms with E-state index in [0.717, 1.165) is 0 Å². The number of thiocarbonyl (C=S) groups is 4. The Kier molecular flexibility index (Phi) is 108. The molecule has 0 aliphatic carbocycles. The maximum absolute atomic E-state index is 8.70. The molecule has 0 unspecified atom stereocenters. The van der Waals surface area contributed by atoms with E-state index in [9.17, 15) is 0 Å². The molecule has 0 amide bonds. The average Bonchev–Trinajstić information content (AvgIpc) is 1.76. The molecule has 0 aromatic carbocycles. The van der Waals surface area contributed by atoms with Crippen molar-refractivity contribution >= 4 is 221 Å². The van der Waals surface area contributed by atoms with Crippen LogP contribution >= 0.6 is 48.9 Å². The first-order valence-electron chi connectivity index (χ1n) is 2.45. The minimum Gasteiger partial charge on any atom is -0.876 e. The Bertz CT molecular complexity index is 179. The zero-order chi connectivity index (χ0) is 14.3. The van der Waals surface area contributed by atoms with Crippen molar-refractivity contribution in [3.8, 4) is 0 Å². The Labute approximate surface area is 255 Å². The molecule has 0 aliphatic rings. The van der Waals surface area contributed by atoms with Crippen molar-refractivity contribution in [3.05, 3.63) is 0 Å². The van der Waals surface area contributed by atoms with Crippen molar-refractivity contribution in [2.24, 2.45) is 0 Å². The summed E-state index contributed by atoms with van der Waals surface area (Å²) in [7, 11) is 0. The van der Waals surface area contributed by atoms with Crippen LogP contribution in [-0.2, 0) is 0 Å². The van der Waals surface area contributed by atoms with Crippen LogP contribution in [0.2, 0.25) is 0 Å². The monoisotopic (exact) mass is 464 g/mol. The van der Waals surface area contributed by atoms with E-state index in [2.05, 4.69) is 48.9 Å². The van der Waals surface area contributed by atoms with Crippen LogP contribution in [-0.4, -0.2) is 172 Å². The van der Waals surface area contributed by atoms with E-state index >= 15 is 0 Å². The minimum absolute atomic E-state index is 0. The molecular weight excluding hydrogens is 465 g/mol. The zero-order valence-electron chi connectivity index (χ0n) is 9.73. The standard InChI is InChI=1S/4CH2O2S.4Ca/c4*2-1(3)4;;;;/h4*(H2,2,3,4);;;;/q;;;;4*+2/p-8. The van der Waals surface area contributed by atoms with Gasteiger partial charge in [0.2, 0.25) is 0 Å². The molecule has 0 N–H and O–H groups in total. The normalized spacial score (nSPS) is 4.80. The smallest absolute Gasteiger partial charge is 0.876 e. The first-order chi connectivity index (χ1) is 6.93. The first kappa shape index (κ1) is 49.6. The van der Waals surface area contributed by atoms with Crippen LogP contribution in [0.5, 0.6) is 0 Å². The van der Waals surface area contributed by atoms with Gasteiger partial charge in [-0.2, -0.15) is 0 Å². The van der Waals surface area contributed by atoms with E-state index in [1.807, 2.05) is 0 Å². The molecule has 0 saturated carbocycles. The molecule has 8 nitrogen and oxygen atoms in total. The maximum atomic E-state index is 8.70. The van der Waals surface area contributed by atoms with Gasteiger partial charge in [-0.3, -0.25) is 0 Å². The molecule has 0 bridgehead atoms. The van der Waals surface area contributed by atoms with Crippen molar-refractivity contribution in [2.75, 3.05) is 0 Å². The van der Waals surface area contributed by atoms with Crippen molar-refractivity contribution < 1.29 is 40.9 Å². The third-order valence-electron chi connectivity index (χ3n) is 0. The predicted octanol–water partition coefficient (Wildman–Crippen LogP) is -9.56. The Morgan fingerprint density at radius 2 is 0.350 bits per heavy atom. The Morgan fingerprint density at radius 1 is 0.350 bits per heavy atom. The van der Waals surface area contributed by atoms with Crippen molar-refractivity contribution in [3.63, 3.8) is 0 Å². The Morgan fingerprint density at radius 3 is 0.350 bits per heavy atom. The van der Waals surface area contributed by atoms with Crippen molar-refractivity contribution in [1.82, 2.24) is 0 Å². The van der Waals surface area contributed by atoms with E-state index in [0.29, 0.717) is 0 Å². The van der Waals surface area contributed by atoms with Gasteiger partial charge in [0.1, 0.15) is 0 Å². The van der Waals surface area contributed by atoms with Gasteiger partial charge in [0.05, 0.1) is 0 Å². The van der Waals surface area contributed by atoms with Crippen molar-refractivity contribution in [2.45, 2.75) is 0 Å². The first-order valence-corrected chi connectivity index (χ1v) is 4.08. The van der Waals surface area contributed by atoms with Crippen LogP contribution in [0.3, 0.4) is 0 Å². The third-order valence-corrected chi connectivity index (χ3v) is 0. The molecule has 0 rings (SSSR count). The van der Waals surface area contributed by atoms with E-state index in [-0.39, 0.29) is 151 Å². The van der Waals surface area contributed by atoms with E-state index in [1.165, 1.54) is 0 Å². The fraction of sp³-hybridized carbons (Fsp3) is 0. The molecule has 0 aromatic heterocycles. The van der Waals surface area contributed by atoms with E-state index in [4.69, 9.17) is 40.9 Å². The van der Waals surface area contributed by atoms with E-state index < -0.39 is 20.9 Å². The Balaban J connectivity index is -0.0000000150. The van der Waals surface area contributed by atoms with Crippen molar-refractivity contribution in [1.29, 1.82) is 0 Å². The Hall–Kier alpha value is 3.80. The maximum Gasteiger partial charge on any atom is 2.00 e. The fourth-order valence-corrected chi connectivity index (χ4v) is 0. The van der Waals surface area contributed by atoms with Gasteiger partial charge in [-0.15, -0.1) is 69.8 Å². The third kappa shape index (κ3) is 653. The predicted molar refractivity (Wildman–Crippen MR) is 73.4 cm³/mol. The summed E-state index contributed by atoms with van der Waals surface area (Å²) in [6.07, 6.45) is 0. The molecule has 0 radical (unpaired) electrons. The van der Waals surface area contributed by atoms with Gasteiger partial charge in [-0.1, -0.05) is 0 Å². The number of hydrogen-bond donors (Lipinski definition) is 0. The topological polar surface area (TPSA) is 184 Å². The molecule has 0 spiro atoms. The summed E-state index contributed by atoms with van der Waals surface area (Å²) >= 11 is 13.7. The van der Waals surface area contributed by atoms with Gasteiger partial charge < -0.3 is 40.9 Å². The zero-order valence-corrected chi connectivity index (χ0v) is 21.8. The van der Waals surface area contributed by atoms with Gasteiger partial charge >= 0.3 is 151 Å². The molecular formula is C4Ca4O8S4. The molecule has 0 heterocycles. The molecule has 0 saturated heterocycles. The number of hydrogen-bond acceptors (Lipinski definition) is 12. The summed E-state index contributed by atoms with van der Waals surface area (Å²) in [4.78, 5) is 0. The summed E-state index contributed by atoms with van der Waals surface area (Å²) in [6, 6.07) is 0. The number of rotatable bonds is 0. The molecule has 16 heteroatoms. The van der Waals surface area contributed by atoms with Crippen LogP contribution in [0.25, 0.3) is 0 Å². The quantitative estimate of drug-likeness (QED) is 0.244. The second kappa shape index (κ2) is 43.4. The summed E-state index contributed by atoms with van der Waals surface area (Å²) in [6.45, 7) is 0. The molecule has 0 aromatic rings. The molecule has 0 fully saturated rings. The van der Waals surface area contributed by atoms with Gasteiger partial charge in [0, 0.05) is 0 Å². The molecule has 20 heavy (non-hydrogen) atoms. The summed E-state index contributed by atoms with van der Waals surface area (Å²) < 4.78 is 0. The van der Waals surface area contributed by atoms with Crippen LogP contribution in [0, 0.1) is 0 Å². The average molecular weight is 465 g/mol. The van der Waals surface area contributed by atoms with Gasteiger partial charge in [0.15, 0.2) is 0 Å². The minimum atomic E-state index is -1.50. The largest absolute Gasteiger partial charge is 2.00 e. The van der Waals surface area contributed by atoms with Gasteiger partial charge in [-0.25, -0.2) is 0 Å². The summed E-state index contributed by atoms with van der Waals surface area (Å²) in [5, 5.41) is 63.6. The summed E-state index contributed by atoms with van der Waals surface area (Å²) in [5.74, 6) is 0. The molecule has 0 atom stereocenters. The second-order valence-corrected chi connectivity index (χ2v) is 2.33. The van der Waals surface area contributed by atoms with Crippen LogP contribution < -0.4 is 40.9 Å². The van der Waals surface area contributed by atoms with Gasteiger partial charge in [0.25, 0.3) is 0 Å². The molecule has 96 valence electrons. The molecule has 0 aliphatic heterocycles. The van der Waals surface area contributed by atoms with Crippen LogP contribution in [0.4, 0.5) is 0 Å². The van der Waals surface area contributed by atoms with Crippen LogP contribution in [0.1, 0.15) is 0 Å². The SMILES string of the molecule is [Ca+2].[Ca+2].[Ca+2].[Ca+2].[O-]C([O-])=S.[O-]C([O-])=S.[O-]C([O-])=S.[O-]C([O-])=S. The fourth-order valence-electron chi connectivity index (χ4n) is 0. The van der Waals surface area contributed by atoms with Crippen LogP contribution in [0.15, 0.2) is 0 Å². The van der Waals surface area contributed by atoms with Gasteiger partial charge in [-0.05, 0) is 0 Å². The van der Waals surface area contributed by atoms with E-state index in [1.54, 1.807) is 0 Å². The second-order valence-electron chi connectivity index (χ2n) is 1.00. The summed E-state index contributed by atoms with van der Waals surface area (Å²) in [5.41, 5.74) is 0.